The summed E-state index contributed by atoms with van der Waals surface area (Å²) >= 11 is 0. The van der Waals surface area contributed by atoms with Crippen LogP contribution in [0.3, 0.4) is 0 Å². The summed E-state index contributed by atoms with van der Waals surface area (Å²) in [4.78, 5) is 12.3. The number of amides is 1. The van der Waals surface area contributed by atoms with E-state index in [9.17, 15) is 4.79 Å². The smallest absolute Gasteiger partial charge is 0.255 e. The van der Waals surface area contributed by atoms with Crippen molar-refractivity contribution < 1.29 is 9.53 Å². The fraction of sp³-hybridized carbons (Fsp3) is 0.211. The molecule has 0 aliphatic heterocycles. The van der Waals surface area contributed by atoms with Crippen LogP contribution in [0, 0.1) is 13.8 Å². The second-order valence-electron chi connectivity index (χ2n) is 5.47. The van der Waals surface area contributed by atoms with Crippen molar-refractivity contribution in [1.82, 2.24) is 0 Å². The highest BCUT2D eigenvalue weighted by Crippen LogP contribution is 2.19. The lowest BCUT2D eigenvalue weighted by Crippen LogP contribution is -2.13. The number of benzene rings is 2. The van der Waals surface area contributed by atoms with Crippen LogP contribution in [0.2, 0.25) is 0 Å². The molecule has 1 N–H and O–H groups in total. The summed E-state index contributed by atoms with van der Waals surface area (Å²) in [6, 6.07) is 13.0. The maximum Gasteiger partial charge on any atom is 0.255 e. The normalized spacial score (nSPS) is 10.1. The first kappa shape index (κ1) is 15.8. The Morgan fingerprint density at radius 1 is 1.14 bits per heavy atom. The Hall–Kier alpha value is -2.55. The summed E-state index contributed by atoms with van der Waals surface area (Å²) < 4.78 is 5.52. The van der Waals surface area contributed by atoms with Gasteiger partial charge in [0.15, 0.2) is 0 Å². The Kier molecular flexibility index (Phi) is 4.99. The lowest BCUT2D eigenvalue weighted by atomic mass is 10.1. The monoisotopic (exact) mass is 295 g/mol. The molecule has 0 aliphatic carbocycles. The molecule has 0 atom stereocenters. The van der Waals surface area contributed by atoms with Crippen molar-refractivity contribution >= 4 is 11.6 Å². The third kappa shape index (κ3) is 3.98. The lowest BCUT2D eigenvalue weighted by Gasteiger charge is -2.11. The highest BCUT2D eigenvalue weighted by Gasteiger charge is 2.08. The molecule has 0 saturated carbocycles. The molecule has 0 heterocycles. The van der Waals surface area contributed by atoms with Gasteiger partial charge in [-0.3, -0.25) is 4.79 Å². The number of anilines is 1. The van der Waals surface area contributed by atoms with E-state index in [-0.39, 0.29) is 5.91 Å². The summed E-state index contributed by atoms with van der Waals surface area (Å²) in [6.45, 7) is 10.2. The zero-order valence-corrected chi connectivity index (χ0v) is 13.3. The predicted molar refractivity (Wildman–Crippen MR) is 90.6 cm³/mol. The van der Waals surface area contributed by atoms with E-state index in [1.165, 1.54) is 0 Å². The fourth-order valence-corrected chi connectivity index (χ4v) is 1.99. The molecule has 0 aromatic heterocycles. The van der Waals surface area contributed by atoms with Gasteiger partial charge >= 0.3 is 0 Å². The second kappa shape index (κ2) is 6.94. The molecule has 0 unspecified atom stereocenters. The van der Waals surface area contributed by atoms with Crippen LogP contribution in [0.25, 0.3) is 0 Å². The number of hydrogen-bond donors (Lipinski definition) is 1. The van der Waals surface area contributed by atoms with Gasteiger partial charge in [-0.1, -0.05) is 18.7 Å². The average molecular weight is 295 g/mol. The van der Waals surface area contributed by atoms with Gasteiger partial charge < -0.3 is 10.1 Å². The predicted octanol–water partition coefficient (Wildman–Crippen LogP) is 4.51. The Labute approximate surface area is 131 Å². The van der Waals surface area contributed by atoms with Gasteiger partial charge in [-0.05, 0) is 67.8 Å². The standard InChI is InChI=1S/C19H21NO2/c1-13(2)12-22-17-10-8-16(9-11-17)19(21)20-18-7-5-6-14(3)15(18)4/h5-11H,1,12H2,2-4H3,(H,20,21). The third-order valence-electron chi connectivity index (χ3n) is 3.45. The molecule has 0 spiro atoms. The third-order valence-corrected chi connectivity index (χ3v) is 3.45. The molecule has 114 valence electrons. The van der Waals surface area contributed by atoms with Crippen LogP contribution in [0.1, 0.15) is 28.4 Å². The minimum atomic E-state index is -0.125. The van der Waals surface area contributed by atoms with Crippen molar-refractivity contribution in [2.45, 2.75) is 20.8 Å². The number of carbonyl (C=O) groups excluding carboxylic acids is 1. The van der Waals surface area contributed by atoms with Crippen LogP contribution in [0.4, 0.5) is 5.69 Å². The molecule has 0 radical (unpaired) electrons. The Morgan fingerprint density at radius 3 is 2.45 bits per heavy atom. The van der Waals surface area contributed by atoms with E-state index < -0.39 is 0 Å². The Morgan fingerprint density at radius 2 is 1.82 bits per heavy atom. The Balaban J connectivity index is 2.06. The molecule has 1 amide bonds. The largest absolute Gasteiger partial charge is 0.489 e. The molecule has 2 rings (SSSR count). The first-order valence-electron chi connectivity index (χ1n) is 7.22. The van der Waals surface area contributed by atoms with E-state index in [1.54, 1.807) is 24.3 Å². The molecular formula is C19H21NO2. The Bertz CT molecular complexity index is 687. The molecule has 0 saturated heterocycles. The molecule has 2 aromatic carbocycles. The van der Waals surface area contributed by atoms with Crippen LogP contribution in [0.5, 0.6) is 5.75 Å². The molecule has 0 fully saturated rings. The number of aryl methyl sites for hydroxylation is 1. The van der Waals surface area contributed by atoms with Gasteiger partial charge in [-0.25, -0.2) is 0 Å². The minimum absolute atomic E-state index is 0.125. The van der Waals surface area contributed by atoms with E-state index >= 15 is 0 Å². The van der Waals surface area contributed by atoms with Crippen LogP contribution < -0.4 is 10.1 Å². The average Bonchev–Trinajstić information content (AvgIpc) is 2.50. The topological polar surface area (TPSA) is 38.3 Å². The molecular weight excluding hydrogens is 274 g/mol. The number of rotatable bonds is 5. The maximum atomic E-state index is 12.3. The van der Waals surface area contributed by atoms with Gasteiger partial charge in [0, 0.05) is 11.3 Å². The van der Waals surface area contributed by atoms with Gasteiger partial charge in [0.05, 0.1) is 0 Å². The number of hydrogen-bond acceptors (Lipinski definition) is 2. The van der Waals surface area contributed by atoms with Gasteiger partial charge in [0.1, 0.15) is 12.4 Å². The quantitative estimate of drug-likeness (QED) is 0.824. The first-order chi connectivity index (χ1) is 10.5. The first-order valence-corrected chi connectivity index (χ1v) is 7.22. The lowest BCUT2D eigenvalue weighted by molar-refractivity contribution is 0.102. The van der Waals surface area contributed by atoms with Gasteiger partial charge in [0.25, 0.3) is 5.91 Å². The van der Waals surface area contributed by atoms with Crippen molar-refractivity contribution in [3.8, 4) is 5.75 Å². The summed E-state index contributed by atoms with van der Waals surface area (Å²) in [6.07, 6.45) is 0. The van der Waals surface area contributed by atoms with Crippen molar-refractivity contribution in [2.75, 3.05) is 11.9 Å². The molecule has 2 aromatic rings. The highest BCUT2D eigenvalue weighted by molar-refractivity contribution is 6.04. The molecule has 0 bridgehead atoms. The summed E-state index contributed by atoms with van der Waals surface area (Å²) in [5.74, 6) is 0.603. The van der Waals surface area contributed by atoms with Gasteiger partial charge in [-0.15, -0.1) is 0 Å². The summed E-state index contributed by atoms with van der Waals surface area (Å²) in [7, 11) is 0. The SMILES string of the molecule is C=C(C)COc1ccc(C(=O)Nc2cccc(C)c2C)cc1. The maximum absolute atomic E-state index is 12.3. The van der Waals surface area contributed by atoms with E-state index in [0.29, 0.717) is 12.2 Å². The van der Waals surface area contributed by atoms with Gasteiger partial charge in [-0.2, -0.15) is 0 Å². The molecule has 22 heavy (non-hydrogen) atoms. The van der Waals surface area contributed by atoms with Crippen molar-refractivity contribution in [3.63, 3.8) is 0 Å². The highest BCUT2D eigenvalue weighted by atomic mass is 16.5. The molecule has 0 aliphatic rings. The summed E-state index contributed by atoms with van der Waals surface area (Å²) in [5, 5.41) is 2.94. The number of nitrogens with one attached hydrogen (secondary N) is 1. The summed E-state index contributed by atoms with van der Waals surface area (Å²) in [5.41, 5.74) is 4.63. The van der Waals surface area contributed by atoms with Crippen molar-refractivity contribution in [2.24, 2.45) is 0 Å². The second-order valence-corrected chi connectivity index (χ2v) is 5.47. The fourth-order valence-electron chi connectivity index (χ4n) is 1.99. The number of ether oxygens (including phenoxy) is 1. The van der Waals surface area contributed by atoms with Crippen LogP contribution in [-0.2, 0) is 0 Å². The van der Waals surface area contributed by atoms with E-state index in [1.807, 2.05) is 39.0 Å². The van der Waals surface area contributed by atoms with Crippen LogP contribution >= 0.6 is 0 Å². The van der Waals surface area contributed by atoms with E-state index in [0.717, 1.165) is 28.1 Å². The number of carbonyl (C=O) groups is 1. The van der Waals surface area contributed by atoms with Gasteiger partial charge in [0.2, 0.25) is 0 Å². The molecule has 3 heteroatoms. The van der Waals surface area contributed by atoms with E-state index in [2.05, 4.69) is 11.9 Å². The van der Waals surface area contributed by atoms with Crippen LogP contribution in [-0.4, -0.2) is 12.5 Å². The molecule has 3 nitrogen and oxygen atoms in total. The van der Waals surface area contributed by atoms with Crippen LogP contribution in [0.15, 0.2) is 54.6 Å². The zero-order chi connectivity index (χ0) is 16.1. The van der Waals surface area contributed by atoms with Crippen molar-refractivity contribution in [3.05, 3.63) is 71.3 Å². The zero-order valence-electron chi connectivity index (χ0n) is 13.3. The van der Waals surface area contributed by atoms with Crippen molar-refractivity contribution in [1.29, 1.82) is 0 Å². The minimum Gasteiger partial charge on any atom is -0.489 e. The van der Waals surface area contributed by atoms with E-state index in [4.69, 9.17) is 4.74 Å².